The van der Waals surface area contributed by atoms with Crippen LogP contribution in [-0.4, -0.2) is 78.9 Å². The van der Waals surface area contributed by atoms with Gasteiger partial charge in [-0.05, 0) is 32.1 Å². The first-order valence-electron chi connectivity index (χ1n) is 11.3. The van der Waals surface area contributed by atoms with E-state index < -0.39 is 42.3 Å². The summed E-state index contributed by atoms with van der Waals surface area (Å²) in [4.78, 5) is 0. The van der Waals surface area contributed by atoms with Gasteiger partial charge >= 0.3 is 0 Å². The molecule has 0 radical (unpaired) electrons. The van der Waals surface area contributed by atoms with Gasteiger partial charge in [0.1, 0.15) is 24.4 Å². The van der Waals surface area contributed by atoms with Crippen molar-refractivity contribution in [3.05, 3.63) is 0 Å². The molecule has 0 aromatic rings. The van der Waals surface area contributed by atoms with E-state index in [1.165, 1.54) is 0 Å². The number of hydrogen-bond acceptors (Lipinski definition) is 8. The molecule has 0 amide bonds. The maximum absolute atomic E-state index is 10.9. The Balaban J connectivity index is 1.59. The predicted molar refractivity (Wildman–Crippen MR) is 102 cm³/mol. The lowest BCUT2D eigenvalue weighted by Crippen LogP contribution is -2.75. The van der Waals surface area contributed by atoms with Crippen LogP contribution in [0.3, 0.4) is 0 Å². The molecule has 168 valence electrons. The number of ether oxygens (including phenoxy) is 6. The van der Waals surface area contributed by atoms with E-state index in [9.17, 15) is 10.2 Å². The van der Waals surface area contributed by atoms with Gasteiger partial charge in [-0.1, -0.05) is 19.8 Å². The Kier molecular flexibility index (Phi) is 7.13. The molecular formula is C21H36O8. The Bertz CT molecular complexity index is 517. The summed E-state index contributed by atoms with van der Waals surface area (Å²) in [5, 5.41) is 20.6. The topological polar surface area (TPSA) is 95.8 Å². The van der Waals surface area contributed by atoms with Gasteiger partial charge in [0.2, 0.25) is 11.6 Å². The second-order valence-corrected chi connectivity index (χ2v) is 8.58. The zero-order valence-electron chi connectivity index (χ0n) is 17.4. The summed E-state index contributed by atoms with van der Waals surface area (Å²) in [6, 6.07) is 0. The van der Waals surface area contributed by atoms with Crippen LogP contribution in [0.1, 0.15) is 64.7 Å². The van der Waals surface area contributed by atoms with Gasteiger partial charge in [0, 0.05) is 19.4 Å². The fraction of sp³-hybridized carbons (Fsp3) is 1.00. The SMILES string of the molecule is CCCCCO[C@@H]1O[C@H](CO)[C@@H](O)[C@@H]2O[C@]3(CCCCO3)[C@@]3(CCCCO3)O[C@@H]12. The molecule has 0 bridgehead atoms. The third-order valence-electron chi connectivity index (χ3n) is 6.53. The monoisotopic (exact) mass is 416 g/mol. The van der Waals surface area contributed by atoms with E-state index in [0.29, 0.717) is 32.7 Å². The molecule has 4 heterocycles. The van der Waals surface area contributed by atoms with E-state index in [4.69, 9.17) is 28.4 Å². The number of hydrogen-bond donors (Lipinski definition) is 2. The Morgan fingerprint density at radius 3 is 2.14 bits per heavy atom. The van der Waals surface area contributed by atoms with E-state index in [2.05, 4.69) is 6.92 Å². The van der Waals surface area contributed by atoms with Gasteiger partial charge in [0.05, 0.1) is 19.8 Å². The van der Waals surface area contributed by atoms with E-state index in [0.717, 1.165) is 44.9 Å². The standard InChI is InChI=1S/C21H36O8/c1-2-3-6-11-24-19-18-17(16(23)15(14-22)27-19)28-20(9-4-7-12-25-20)21(29-18)10-5-8-13-26-21/h15-19,22-23H,2-14H2,1H3/t15-,16-,17+,18-,19-,20-,21-/m1/s1. The zero-order chi connectivity index (χ0) is 20.3. The van der Waals surface area contributed by atoms with E-state index >= 15 is 0 Å². The van der Waals surface area contributed by atoms with Crippen LogP contribution in [0.15, 0.2) is 0 Å². The van der Waals surface area contributed by atoms with Crippen LogP contribution in [0.2, 0.25) is 0 Å². The first-order valence-corrected chi connectivity index (χ1v) is 11.3. The smallest absolute Gasteiger partial charge is 0.224 e. The van der Waals surface area contributed by atoms with Crippen molar-refractivity contribution >= 4 is 0 Å². The number of aliphatic hydroxyl groups is 2. The predicted octanol–water partition coefficient (Wildman–Crippen LogP) is 1.85. The zero-order valence-corrected chi connectivity index (χ0v) is 17.4. The molecule has 0 aliphatic carbocycles. The van der Waals surface area contributed by atoms with E-state index in [-0.39, 0.29) is 6.61 Å². The molecule has 0 unspecified atom stereocenters. The fourth-order valence-electron chi connectivity index (χ4n) is 4.93. The highest BCUT2D eigenvalue weighted by atomic mass is 16.8. The number of fused-ring (bicyclic) bond motifs is 2. The Morgan fingerprint density at radius 1 is 0.931 bits per heavy atom. The van der Waals surface area contributed by atoms with Gasteiger partial charge in [-0.3, -0.25) is 0 Å². The maximum Gasteiger partial charge on any atom is 0.224 e. The maximum atomic E-state index is 10.9. The lowest BCUT2D eigenvalue weighted by atomic mass is 9.86. The summed E-state index contributed by atoms with van der Waals surface area (Å²) in [5.74, 6) is -2.06. The summed E-state index contributed by atoms with van der Waals surface area (Å²) < 4.78 is 37.4. The van der Waals surface area contributed by atoms with Crippen LogP contribution >= 0.6 is 0 Å². The molecule has 2 spiro atoms. The van der Waals surface area contributed by atoms with Crippen LogP contribution in [-0.2, 0) is 28.4 Å². The van der Waals surface area contributed by atoms with Crippen LogP contribution in [0, 0.1) is 0 Å². The van der Waals surface area contributed by atoms with Gasteiger partial charge in [-0.25, -0.2) is 0 Å². The summed E-state index contributed by atoms with van der Waals surface area (Å²) in [6.07, 6.45) is 4.28. The normalized spacial score (nSPS) is 45.4. The quantitative estimate of drug-likeness (QED) is 0.634. The van der Waals surface area contributed by atoms with Crippen LogP contribution < -0.4 is 0 Å². The number of aliphatic hydroxyl groups excluding tert-OH is 2. The molecule has 29 heavy (non-hydrogen) atoms. The lowest BCUT2D eigenvalue weighted by molar-refractivity contribution is -0.509. The first-order chi connectivity index (χ1) is 14.1. The Morgan fingerprint density at radius 2 is 1.59 bits per heavy atom. The van der Waals surface area contributed by atoms with Crippen LogP contribution in [0.4, 0.5) is 0 Å². The summed E-state index contributed by atoms with van der Waals surface area (Å²) in [6.45, 7) is 3.49. The highest BCUT2D eigenvalue weighted by Gasteiger charge is 2.67. The highest BCUT2D eigenvalue weighted by Crippen LogP contribution is 2.51. The van der Waals surface area contributed by atoms with Gasteiger partial charge < -0.3 is 38.6 Å². The third kappa shape index (κ3) is 4.11. The van der Waals surface area contributed by atoms with Crippen molar-refractivity contribution < 1.29 is 38.6 Å². The molecule has 2 N–H and O–H groups in total. The van der Waals surface area contributed by atoms with Crippen LogP contribution in [0.25, 0.3) is 0 Å². The molecule has 8 nitrogen and oxygen atoms in total. The highest BCUT2D eigenvalue weighted by molar-refractivity contribution is 5.03. The molecule has 0 aromatic heterocycles. The second kappa shape index (κ2) is 9.44. The van der Waals surface area contributed by atoms with Crippen molar-refractivity contribution in [2.75, 3.05) is 26.4 Å². The molecule has 0 aromatic carbocycles. The minimum atomic E-state index is -1.04. The minimum Gasteiger partial charge on any atom is -0.394 e. The second-order valence-electron chi connectivity index (χ2n) is 8.58. The van der Waals surface area contributed by atoms with E-state index in [1.54, 1.807) is 0 Å². The van der Waals surface area contributed by atoms with Crippen molar-refractivity contribution in [3.8, 4) is 0 Å². The van der Waals surface area contributed by atoms with Crippen molar-refractivity contribution in [2.45, 2.75) is 107 Å². The Hall–Kier alpha value is -0.320. The number of rotatable bonds is 6. The Labute approximate surface area is 172 Å². The van der Waals surface area contributed by atoms with Gasteiger partial charge in [0.25, 0.3) is 0 Å². The largest absolute Gasteiger partial charge is 0.394 e. The van der Waals surface area contributed by atoms with Gasteiger partial charge in [-0.15, -0.1) is 0 Å². The van der Waals surface area contributed by atoms with Gasteiger partial charge in [-0.2, -0.15) is 0 Å². The number of unbranched alkanes of at least 4 members (excludes halogenated alkanes) is 2. The lowest BCUT2D eigenvalue weighted by Gasteiger charge is -2.60. The molecular weight excluding hydrogens is 380 g/mol. The van der Waals surface area contributed by atoms with E-state index in [1.807, 2.05) is 0 Å². The fourth-order valence-corrected chi connectivity index (χ4v) is 4.93. The minimum absolute atomic E-state index is 0.321. The molecule has 0 saturated carbocycles. The van der Waals surface area contributed by atoms with Crippen molar-refractivity contribution in [1.29, 1.82) is 0 Å². The molecule has 8 heteroatoms. The van der Waals surface area contributed by atoms with Crippen molar-refractivity contribution in [3.63, 3.8) is 0 Å². The first kappa shape index (κ1) is 21.9. The van der Waals surface area contributed by atoms with Crippen LogP contribution in [0.5, 0.6) is 0 Å². The molecule has 4 saturated heterocycles. The molecule has 7 atom stereocenters. The molecule has 4 aliphatic heterocycles. The molecule has 4 rings (SSSR count). The van der Waals surface area contributed by atoms with Gasteiger partial charge in [0.15, 0.2) is 6.29 Å². The summed E-state index contributed by atoms with van der Waals surface area (Å²) >= 11 is 0. The average molecular weight is 417 g/mol. The van der Waals surface area contributed by atoms with Crippen molar-refractivity contribution in [2.24, 2.45) is 0 Å². The molecule has 4 fully saturated rings. The third-order valence-corrected chi connectivity index (χ3v) is 6.53. The molecule has 4 aliphatic rings. The summed E-state index contributed by atoms with van der Waals surface area (Å²) in [7, 11) is 0. The average Bonchev–Trinajstić information content (AvgIpc) is 2.76. The summed E-state index contributed by atoms with van der Waals surface area (Å²) in [5.41, 5.74) is 0. The van der Waals surface area contributed by atoms with Crippen molar-refractivity contribution in [1.82, 2.24) is 0 Å².